The maximum absolute atomic E-state index is 13.3. The lowest BCUT2D eigenvalue weighted by atomic mass is 9.85. The molecule has 0 aromatic carbocycles. The molecule has 166 valence electrons. The largest absolute Gasteiger partial charge is 0.476 e. The van der Waals surface area contributed by atoms with Gasteiger partial charge in [0.15, 0.2) is 0 Å². The third-order valence-corrected chi connectivity index (χ3v) is 5.45. The lowest BCUT2D eigenvalue weighted by molar-refractivity contribution is -0.129. The topological polar surface area (TPSA) is 83.6 Å². The van der Waals surface area contributed by atoms with Gasteiger partial charge in [-0.25, -0.2) is 13.8 Å². The molecule has 1 unspecified atom stereocenters. The van der Waals surface area contributed by atoms with E-state index in [0.717, 1.165) is 12.8 Å². The second kappa shape index (κ2) is 8.35. The number of halogens is 2. The molecule has 2 heterocycles. The number of rotatable bonds is 9. The molecule has 1 aromatic heterocycles. The summed E-state index contributed by atoms with van der Waals surface area (Å²) < 4.78 is 32.4. The highest BCUT2D eigenvalue weighted by atomic mass is 19.3. The normalized spacial score (nSPS) is 18.9. The second-order valence-corrected chi connectivity index (χ2v) is 9.03. The fourth-order valence-corrected chi connectivity index (χ4v) is 3.62. The zero-order valence-electron chi connectivity index (χ0n) is 17.9. The highest BCUT2D eigenvalue weighted by Crippen LogP contribution is 2.38. The van der Waals surface area contributed by atoms with Crippen LogP contribution in [-0.4, -0.2) is 55.5 Å². The van der Waals surface area contributed by atoms with E-state index in [-0.39, 0.29) is 36.6 Å². The molecule has 2 N–H and O–H groups in total. The van der Waals surface area contributed by atoms with Crippen molar-refractivity contribution in [3.63, 3.8) is 0 Å². The van der Waals surface area contributed by atoms with Gasteiger partial charge in [-0.2, -0.15) is 0 Å². The molecular formula is C21H30F2N4O3. The van der Waals surface area contributed by atoms with Crippen LogP contribution in [0.2, 0.25) is 0 Å². The van der Waals surface area contributed by atoms with Gasteiger partial charge in [0.05, 0.1) is 19.7 Å². The van der Waals surface area contributed by atoms with Crippen molar-refractivity contribution in [1.29, 1.82) is 0 Å². The molecule has 2 fully saturated rings. The Morgan fingerprint density at radius 2 is 2.00 bits per heavy atom. The van der Waals surface area contributed by atoms with Crippen LogP contribution >= 0.6 is 0 Å². The lowest BCUT2D eigenvalue weighted by Gasteiger charge is -2.40. The quantitative estimate of drug-likeness (QED) is 0.637. The van der Waals surface area contributed by atoms with E-state index in [0.29, 0.717) is 24.6 Å². The number of carbonyl (C=O) groups is 2. The molecule has 0 bridgehead atoms. The van der Waals surface area contributed by atoms with Crippen LogP contribution in [-0.2, 0) is 4.79 Å². The number of ether oxygens (including phenoxy) is 1. The minimum Gasteiger partial charge on any atom is -0.476 e. The smallest absolute Gasteiger partial charge is 0.282 e. The summed E-state index contributed by atoms with van der Waals surface area (Å²) in [5.74, 6) is -2.54. The molecule has 0 spiro atoms. The van der Waals surface area contributed by atoms with Crippen LogP contribution in [0.5, 0.6) is 5.88 Å². The maximum atomic E-state index is 13.3. The van der Waals surface area contributed by atoms with E-state index in [9.17, 15) is 18.4 Å². The zero-order valence-corrected chi connectivity index (χ0v) is 17.9. The van der Waals surface area contributed by atoms with Gasteiger partial charge in [-0.15, -0.1) is 0 Å². The Hall–Kier alpha value is -2.45. The molecule has 0 radical (unpaired) electrons. The van der Waals surface area contributed by atoms with Crippen molar-refractivity contribution in [3.8, 4) is 5.88 Å². The predicted molar refractivity (Wildman–Crippen MR) is 109 cm³/mol. The predicted octanol–water partition coefficient (Wildman–Crippen LogP) is 2.61. The Balaban J connectivity index is 1.69. The maximum Gasteiger partial charge on any atom is 0.282 e. The Morgan fingerprint density at radius 3 is 2.57 bits per heavy atom. The molecule has 7 nitrogen and oxygen atoms in total. The van der Waals surface area contributed by atoms with E-state index in [1.54, 1.807) is 13.1 Å². The zero-order chi connectivity index (χ0) is 22.1. The van der Waals surface area contributed by atoms with E-state index >= 15 is 0 Å². The van der Waals surface area contributed by atoms with E-state index in [2.05, 4.69) is 15.6 Å². The molecule has 2 aliphatic rings. The van der Waals surface area contributed by atoms with Crippen LogP contribution in [0, 0.1) is 11.3 Å². The average molecular weight is 424 g/mol. The van der Waals surface area contributed by atoms with Gasteiger partial charge in [0.1, 0.15) is 11.4 Å². The highest BCUT2D eigenvalue weighted by molar-refractivity contribution is 5.93. The first-order valence-electron chi connectivity index (χ1n) is 10.3. The van der Waals surface area contributed by atoms with Crippen molar-refractivity contribution in [1.82, 2.24) is 15.6 Å². The molecule has 1 aromatic rings. The van der Waals surface area contributed by atoms with Crippen LogP contribution in [0.1, 0.15) is 50.5 Å². The Morgan fingerprint density at radius 1 is 1.33 bits per heavy atom. The summed E-state index contributed by atoms with van der Waals surface area (Å²) in [5.41, 5.74) is -0.00615. The van der Waals surface area contributed by atoms with Crippen molar-refractivity contribution in [2.75, 3.05) is 31.6 Å². The van der Waals surface area contributed by atoms with Gasteiger partial charge < -0.3 is 20.3 Å². The number of anilines is 1. The number of amides is 2. The SMILES string of the molecule is CNC(=O)C(C)(C)CC(C)NC(=O)c1ccc(N2CC(F)(F)C2)c(OCC2CC2)n1. The first kappa shape index (κ1) is 22.2. The van der Waals surface area contributed by atoms with Crippen molar-refractivity contribution in [2.45, 2.75) is 52.0 Å². The summed E-state index contributed by atoms with van der Waals surface area (Å²) >= 11 is 0. The molecule has 1 aliphatic carbocycles. The van der Waals surface area contributed by atoms with E-state index in [1.165, 1.54) is 11.0 Å². The fraction of sp³-hybridized carbons (Fsp3) is 0.667. The monoisotopic (exact) mass is 424 g/mol. The van der Waals surface area contributed by atoms with Crippen molar-refractivity contribution < 1.29 is 23.1 Å². The molecule has 2 amide bonds. The summed E-state index contributed by atoms with van der Waals surface area (Å²) in [6.07, 6.45) is 2.61. The van der Waals surface area contributed by atoms with Gasteiger partial charge in [0, 0.05) is 18.5 Å². The number of carbonyl (C=O) groups excluding carboxylic acids is 2. The number of alkyl halides is 2. The molecule has 3 rings (SSSR count). The van der Waals surface area contributed by atoms with Crippen LogP contribution in [0.25, 0.3) is 0 Å². The summed E-state index contributed by atoms with van der Waals surface area (Å²) in [4.78, 5) is 30.5. The molecular weight excluding hydrogens is 394 g/mol. The summed E-state index contributed by atoms with van der Waals surface area (Å²) in [6, 6.07) is 2.86. The van der Waals surface area contributed by atoms with Crippen LogP contribution in [0.3, 0.4) is 0 Å². The number of nitrogens with one attached hydrogen (secondary N) is 2. The van der Waals surface area contributed by atoms with Crippen molar-refractivity contribution in [3.05, 3.63) is 17.8 Å². The number of nitrogens with zero attached hydrogens (tertiary/aromatic N) is 2. The number of hydrogen-bond donors (Lipinski definition) is 2. The average Bonchev–Trinajstić information content (AvgIpc) is 3.47. The first-order valence-corrected chi connectivity index (χ1v) is 10.3. The number of aromatic nitrogens is 1. The Bertz CT molecular complexity index is 803. The van der Waals surface area contributed by atoms with Gasteiger partial charge in [-0.1, -0.05) is 13.8 Å². The summed E-state index contributed by atoms with van der Waals surface area (Å²) in [6.45, 7) is 5.15. The minimum absolute atomic E-state index is 0.104. The standard InChI is InChI=1S/C21H30F2N4O3/c1-13(9-20(2,3)19(29)24-4)25-17(28)15-7-8-16(27-11-21(22,23)12-27)18(26-15)30-10-14-5-6-14/h7-8,13-14H,5-6,9-12H2,1-4H3,(H,24,29)(H,25,28). The van der Waals surface area contributed by atoms with E-state index < -0.39 is 17.2 Å². The molecule has 1 aliphatic heterocycles. The third-order valence-electron chi connectivity index (χ3n) is 5.45. The van der Waals surface area contributed by atoms with Crippen LogP contribution < -0.4 is 20.3 Å². The van der Waals surface area contributed by atoms with Gasteiger partial charge >= 0.3 is 0 Å². The van der Waals surface area contributed by atoms with E-state index in [1.807, 2.05) is 20.8 Å². The molecule has 1 saturated carbocycles. The number of hydrogen-bond acceptors (Lipinski definition) is 5. The van der Waals surface area contributed by atoms with Crippen molar-refractivity contribution >= 4 is 17.5 Å². The van der Waals surface area contributed by atoms with E-state index in [4.69, 9.17) is 4.74 Å². The summed E-state index contributed by atoms with van der Waals surface area (Å²) in [7, 11) is 1.58. The molecule has 1 atom stereocenters. The first-order chi connectivity index (χ1) is 14.0. The molecule has 30 heavy (non-hydrogen) atoms. The Labute approximate surface area is 175 Å². The third kappa shape index (κ3) is 5.37. The lowest BCUT2D eigenvalue weighted by Crippen LogP contribution is -2.56. The second-order valence-electron chi connectivity index (χ2n) is 9.03. The van der Waals surface area contributed by atoms with Gasteiger partial charge in [-0.05, 0) is 44.2 Å². The fourth-order valence-electron chi connectivity index (χ4n) is 3.62. The minimum atomic E-state index is -2.71. The van der Waals surface area contributed by atoms with Gasteiger partial charge in [-0.3, -0.25) is 9.59 Å². The van der Waals surface area contributed by atoms with Crippen molar-refractivity contribution in [2.24, 2.45) is 11.3 Å². The van der Waals surface area contributed by atoms with Gasteiger partial charge in [0.25, 0.3) is 11.8 Å². The molecule has 9 heteroatoms. The Kier molecular flexibility index (Phi) is 6.19. The number of pyridine rings is 1. The highest BCUT2D eigenvalue weighted by Gasteiger charge is 2.45. The summed E-state index contributed by atoms with van der Waals surface area (Å²) in [5, 5.41) is 5.48. The van der Waals surface area contributed by atoms with Gasteiger partial charge in [0.2, 0.25) is 11.8 Å². The van der Waals surface area contributed by atoms with Crippen LogP contribution in [0.15, 0.2) is 12.1 Å². The van der Waals surface area contributed by atoms with Crippen LogP contribution in [0.4, 0.5) is 14.5 Å². The molecule has 1 saturated heterocycles.